The van der Waals surface area contributed by atoms with E-state index in [1.807, 2.05) is 54.6 Å². The molecule has 1 aliphatic heterocycles. The highest BCUT2D eigenvalue weighted by molar-refractivity contribution is 7.95. The van der Waals surface area contributed by atoms with Gasteiger partial charge in [-0.3, -0.25) is 4.31 Å². The van der Waals surface area contributed by atoms with Crippen LogP contribution in [0.15, 0.2) is 54.6 Å². The van der Waals surface area contributed by atoms with Crippen molar-refractivity contribution >= 4 is 27.3 Å². The van der Waals surface area contributed by atoms with Gasteiger partial charge in [0.2, 0.25) is 0 Å². The highest BCUT2D eigenvalue weighted by Crippen LogP contribution is 2.44. The monoisotopic (exact) mass is 343 g/mol. The molecule has 4 rings (SSSR count). The number of hydrogen-bond acceptors (Lipinski definition) is 3. The van der Waals surface area contributed by atoms with Crippen LogP contribution in [-0.4, -0.2) is 27.5 Å². The second-order valence-electron chi connectivity index (χ2n) is 6.25. The highest BCUT2D eigenvalue weighted by atomic mass is 32.2. The summed E-state index contributed by atoms with van der Waals surface area (Å²) in [6, 6.07) is 17.4. The highest BCUT2D eigenvalue weighted by Gasteiger charge is 2.40. The molecule has 1 N–H and O–H groups in total. The van der Waals surface area contributed by atoms with Gasteiger partial charge in [-0.1, -0.05) is 30.3 Å². The molecule has 0 radical (unpaired) electrons. The minimum Gasteiger partial charge on any atom is -0.314 e. The van der Waals surface area contributed by atoms with E-state index >= 15 is 0 Å². The molecule has 0 atom stereocenters. The molecule has 6 heteroatoms. The van der Waals surface area contributed by atoms with Crippen LogP contribution in [0.5, 0.6) is 0 Å². The largest absolute Gasteiger partial charge is 0.330 e. The molecule has 1 saturated carbocycles. The fourth-order valence-electron chi connectivity index (χ4n) is 3.08. The minimum absolute atomic E-state index is 0.488. The van der Waals surface area contributed by atoms with Gasteiger partial charge in [0.25, 0.3) is 0 Å². The molecule has 0 amide bonds. The zero-order valence-electron chi connectivity index (χ0n) is 13.4. The molecule has 1 fully saturated rings. The second-order valence-corrected chi connectivity index (χ2v) is 7.95. The Balaban J connectivity index is 1.62. The first kappa shape index (κ1) is 15.5. The summed E-state index contributed by atoms with van der Waals surface area (Å²) in [5.41, 5.74) is 2.15. The predicted octanol–water partition coefficient (Wildman–Crippen LogP) is 3.03. The lowest BCUT2D eigenvalue weighted by molar-refractivity contribution is 0.589. The molecule has 0 bridgehead atoms. The molecule has 0 spiro atoms. The van der Waals surface area contributed by atoms with Gasteiger partial charge in [-0.25, -0.2) is 4.31 Å². The van der Waals surface area contributed by atoms with Crippen LogP contribution in [0.1, 0.15) is 19.3 Å². The molecule has 1 aliphatic carbocycles. The summed E-state index contributed by atoms with van der Waals surface area (Å²) < 4.78 is 29.2. The van der Waals surface area contributed by atoms with Crippen LogP contribution in [0, 0.1) is 0 Å². The first-order valence-corrected chi connectivity index (χ1v) is 9.78. The van der Waals surface area contributed by atoms with Crippen molar-refractivity contribution in [1.82, 2.24) is 5.32 Å². The summed E-state index contributed by atoms with van der Waals surface area (Å²) in [6.07, 6.45) is 3.28. The normalized spacial score (nSPS) is 18.7. The van der Waals surface area contributed by atoms with Crippen molar-refractivity contribution < 1.29 is 8.42 Å². The van der Waals surface area contributed by atoms with Gasteiger partial charge in [-0.05, 0) is 50.1 Å². The number of benzene rings is 2. The minimum atomic E-state index is -3.59. The Labute approximate surface area is 143 Å². The smallest absolute Gasteiger partial charge is 0.314 e. The van der Waals surface area contributed by atoms with Crippen molar-refractivity contribution in [2.24, 2.45) is 0 Å². The topological polar surface area (TPSA) is 52.7 Å². The lowest BCUT2D eigenvalue weighted by atomic mass is 10.2. The maximum atomic E-state index is 13.1. The molecular weight excluding hydrogens is 322 g/mol. The summed E-state index contributed by atoms with van der Waals surface area (Å²) in [4.78, 5) is 0. The molecule has 0 unspecified atom stereocenters. The maximum absolute atomic E-state index is 13.1. The summed E-state index contributed by atoms with van der Waals surface area (Å²) in [7, 11) is -3.59. The molecule has 2 aromatic rings. The van der Waals surface area contributed by atoms with Gasteiger partial charge in [0, 0.05) is 12.6 Å². The van der Waals surface area contributed by atoms with E-state index < -0.39 is 10.2 Å². The van der Waals surface area contributed by atoms with E-state index in [4.69, 9.17) is 0 Å². The number of nitrogens with zero attached hydrogens (tertiary/aromatic N) is 2. The molecule has 2 aromatic carbocycles. The Kier molecular flexibility index (Phi) is 3.94. The first-order valence-electron chi connectivity index (χ1n) is 8.38. The SMILES string of the molecule is O=S1(=O)N(CCCNC2CC2)c2ccccc2N1c1ccccc1. The van der Waals surface area contributed by atoms with Gasteiger partial charge in [0.05, 0.1) is 17.1 Å². The summed E-state index contributed by atoms with van der Waals surface area (Å²) >= 11 is 0. The molecular formula is C18H21N3O2S. The molecule has 24 heavy (non-hydrogen) atoms. The number of hydrogen-bond donors (Lipinski definition) is 1. The molecule has 0 aromatic heterocycles. The van der Waals surface area contributed by atoms with Crippen molar-refractivity contribution in [3.05, 3.63) is 54.6 Å². The molecule has 0 saturated heterocycles. The number of rotatable bonds is 6. The van der Waals surface area contributed by atoms with Crippen LogP contribution >= 0.6 is 0 Å². The predicted molar refractivity (Wildman–Crippen MR) is 96.9 cm³/mol. The van der Waals surface area contributed by atoms with Crippen LogP contribution in [0.2, 0.25) is 0 Å². The van der Waals surface area contributed by atoms with E-state index in [0.717, 1.165) is 24.3 Å². The number of nitrogens with one attached hydrogen (secondary N) is 1. The van der Waals surface area contributed by atoms with Crippen LogP contribution in [0.25, 0.3) is 0 Å². The van der Waals surface area contributed by atoms with Crippen LogP contribution in [-0.2, 0) is 10.2 Å². The zero-order valence-corrected chi connectivity index (χ0v) is 14.2. The van der Waals surface area contributed by atoms with E-state index in [0.29, 0.717) is 18.3 Å². The summed E-state index contributed by atoms with van der Waals surface area (Å²) in [5.74, 6) is 0. The van der Waals surface area contributed by atoms with Crippen LogP contribution < -0.4 is 13.9 Å². The van der Waals surface area contributed by atoms with Gasteiger partial charge in [0.1, 0.15) is 0 Å². The lowest BCUT2D eigenvalue weighted by Gasteiger charge is -2.21. The van der Waals surface area contributed by atoms with Crippen molar-refractivity contribution in [2.75, 3.05) is 21.7 Å². The van der Waals surface area contributed by atoms with Gasteiger partial charge < -0.3 is 5.32 Å². The van der Waals surface area contributed by atoms with Gasteiger partial charge in [-0.2, -0.15) is 8.42 Å². The van der Waals surface area contributed by atoms with Gasteiger partial charge in [-0.15, -0.1) is 0 Å². The molecule has 5 nitrogen and oxygen atoms in total. The third-order valence-electron chi connectivity index (χ3n) is 4.42. The van der Waals surface area contributed by atoms with E-state index in [2.05, 4.69) is 5.32 Å². The fourth-order valence-corrected chi connectivity index (χ4v) is 4.83. The first-order chi connectivity index (χ1) is 11.7. The summed E-state index contributed by atoms with van der Waals surface area (Å²) in [5, 5.41) is 3.44. The van der Waals surface area contributed by atoms with Gasteiger partial charge >= 0.3 is 10.2 Å². The number of fused-ring (bicyclic) bond motifs is 1. The van der Waals surface area contributed by atoms with Crippen molar-refractivity contribution in [2.45, 2.75) is 25.3 Å². The Hall–Kier alpha value is -2.05. The van der Waals surface area contributed by atoms with E-state index in [1.54, 1.807) is 0 Å². The van der Waals surface area contributed by atoms with Gasteiger partial charge in [0.15, 0.2) is 0 Å². The molecule has 2 aliphatic rings. The van der Waals surface area contributed by atoms with E-state index in [9.17, 15) is 8.42 Å². The Morgan fingerprint density at radius 3 is 2.33 bits per heavy atom. The lowest BCUT2D eigenvalue weighted by Crippen LogP contribution is -2.37. The van der Waals surface area contributed by atoms with Crippen molar-refractivity contribution in [1.29, 1.82) is 0 Å². The average molecular weight is 343 g/mol. The number of para-hydroxylation sites is 3. The second kappa shape index (κ2) is 6.11. The Bertz CT molecular complexity index is 819. The Morgan fingerprint density at radius 2 is 1.62 bits per heavy atom. The number of anilines is 3. The molecule has 126 valence electrons. The third kappa shape index (κ3) is 2.76. The van der Waals surface area contributed by atoms with E-state index in [1.165, 1.54) is 21.5 Å². The fraction of sp³-hybridized carbons (Fsp3) is 0.333. The quantitative estimate of drug-likeness (QED) is 0.820. The van der Waals surface area contributed by atoms with Crippen LogP contribution in [0.4, 0.5) is 17.1 Å². The van der Waals surface area contributed by atoms with Crippen LogP contribution in [0.3, 0.4) is 0 Å². The van der Waals surface area contributed by atoms with Crippen molar-refractivity contribution in [3.63, 3.8) is 0 Å². The zero-order chi connectivity index (χ0) is 16.6. The maximum Gasteiger partial charge on any atom is 0.330 e. The van der Waals surface area contributed by atoms with Crippen molar-refractivity contribution in [3.8, 4) is 0 Å². The third-order valence-corrected chi connectivity index (χ3v) is 6.22. The Morgan fingerprint density at radius 1 is 0.958 bits per heavy atom. The van der Waals surface area contributed by atoms with E-state index in [-0.39, 0.29) is 0 Å². The summed E-state index contributed by atoms with van der Waals surface area (Å²) in [6.45, 7) is 1.34. The average Bonchev–Trinajstić information content (AvgIpc) is 3.37. The molecule has 1 heterocycles. The standard InChI is InChI=1S/C18H21N3O2S/c22-24(23)20(14-6-13-19-15-11-12-15)17-9-4-5-10-18(17)21(24)16-7-2-1-3-8-16/h1-5,7-10,15,19H,6,11-14H2.